The van der Waals surface area contributed by atoms with Crippen LogP contribution in [0.15, 0.2) is 78.9 Å². The zero-order valence-corrected chi connectivity index (χ0v) is 22.1. The SMILES string of the molecule is CNc1cc(C(=O)NC(C)c2ccccc2)cc(C(=O)NC(Cc2ccccc2)C(O)C2CCCCN2)c1. The fourth-order valence-corrected chi connectivity index (χ4v) is 4.97. The molecule has 1 saturated heterocycles. The molecule has 3 aromatic rings. The van der Waals surface area contributed by atoms with E-state index in [0.717, 1.165) is 36.9 Å². The minimum atomic E-state index is -0.749. The first-order valence-electron chi connectivity index (χ1n) is 13.4. The first kappa shape index (κ1) is 27.4. The lowest BCUT2D eigenvalue weighted by molar-refractivity contribution is 0.0647. The number of amides is 2. The molecule has 200 valence electrons. The van der Waals surface area contributed by atoms with Crippen LogP contribution in [0, 0.1) is 0 Å². The lowest BCUT2D eigenvalue weighted by atomic mass is 9.91. The molecular weight excluding hydrogens is 476 g/mol. The number of benzene rings is 3. The van der Waals surface area contributed by atoms with Crippen LogP contribution in [0.3, 0.4) is 0 Å². The fourth-order valence-electron chi connectivity index (χ4n) is 4.97. The van der Waals surface area contributed by atoms with E-state index in [9.17, 15) is 14.7 Å². The van der Waals surface area contributed by atoms with Crippen molar-refractivity contribution in [2.75, 3.05) is 18.9 Å². The summed E-state index contributed by atoms with van der Waals surface area (Å²) in [6.45, 7) is 2.79. The van der Waals surface area contributed by atoms with Crippen LogP contribution >= 0.6 is 0 Å². The van der Waals surface area contributed by atoms with Gasteiger partial charge in [-0.25, -0.2) is 0 Å². The zero-order valence-electron chi connectivity index (χ0n) is 22.1. The van der Waals surface area contributed by atoms with Crippen LogP contribution in [0.2, 0.25) is 0 Å². The maximum atomic E-state index is 13.5. The molecule has 2 amide bonds. The molecule has 1 fully saturated rings. The van der Waals surface area contributed by atoms with E-state index < -0.39 is 12.1 Å². The number of nitrogens with one attached hydrogen (secondary N) is 4. The molecule has 7 heteroatoms. The molecular formula is C31H38N4O3. The van der Waals surface area contributed by atoms with Crippen molar-refractivity contribution in [2.45, 2.75) is 56.8 Å². The number of rotatable bonds is 10. The van der Waals surface area contributed by atoms with Gasteiger partial charge in [0, 0.05) is 29.9 Å². The van der Waals surface area contributed by atoms with Crippen LogP contribution < -0.4 is 21.3 Å². The van der Waals surface area contributed by atoms with Gasteiger partial charge >= 0.3 is 0 Å². The van der Waals surface area contributed by atoms with Crippen LogP contribution in [0.4, 0.5) is 5.69 Å². The van der Waals surface area contributed by atoms with Crippen LogP contribution in [-0.4, -0.2) is 48.7 Å². The van der Waals surface area contributed by atoms with Crippen molar-refractivity contribution < 1.29 is 14.7 Å². The standard InChI is InChI=1S/C31H38N4O3/c1-21(23-13-7-4-8-14-23)34-30(37)24-18-25(20-26(19-24)32-2)31(38)35-28(17-22-11-5-3-6-12-22)29(36)27-15-9-10-16-33-27/h3-8,11-14,18-21,27-29,32-33,36H,9-10,15-17H2,1-2H3,(H,34,37)(H,35,38). The fraction of sp³-hybridized carbons (Fsp3) is 0.355. The Hall–Kier alpha value is -3.68. The summed E-state index contributed by atoms with van der Waals surface area (Å²) in [4.78, 5) is 26.6. The van der Waals surface area contributed by atoms with Gasteiger partial charge in [-0.2, -0.15) is 0 Å². The van der Waals surface area contributed by atoms with Gasteiger partial charge < -0.3 is 26.4 Å². The maximum absolute atomic E-state index is 13.5. The molecule has 3 aromatic carbocycles. The molecule has 5 N–H and O–H groups in total. The number of aliphatic hydroxyl groups excluding tert-OH is 1. The minimum Gasteiger partial charge on any atom is -0.389 e. The predicted octanol–water partition coefficient (Wildman–Crippen LogP) is 4.06. The van der Waals surface area contributed by atoms with Crippen molar-refractivity contribution in [2.24, 2.45) is 0 Å². The summed E-state index contributed by atoms with van der Waals surface area (Å²) in [5.74, 6) is -0.595. The van der Waals surface area contributed by atoms with Gasteiger partial charge in [-0.15, -0.1) is 0 Å². The van der Waals surface area contributed by atoms with Gasteiger partial charge in [0.2, 0.25) is 0 Å². The highest BCUT2D eigenvalue weighted by atomic mass is 16.3. The highest BCUT2D eigenvalue weighted by Gasteiger charge is 2.30. The molecule has 0 spiro atoms. The molecule has 4 rings (SSSR count). The average molecular weight is 515 g/mol. The number of carbonyl (C=O) groups excluding carboxylic acids is 2. The van der Waals surface area contributed by atoms with E-state index in [-0.39, 0.29) is 23.9 Å². The lowest BCUT2D eigenvalue weighted by Crippen LogP contribution is -2.55. The summed E-state index contributed by atoms with van der Waals surface area (Å²) in [6.07, 6.45) is 2.75. The molecule has 1 aliphatic rings. The van der Waals surface area contributed by atoms with E-state index in [2.05, 4.69) is 21.3 Å². The maximum Gasteiger partial charge on any atom is 0.251 e. The summed E-state index contributed by atoms with van der Waals surface area (Å²) < 4.78 is 0. The second kappa shape index (κ2) is 13.2. The Kier molecular flexibility index (Phi) is 9.51. The Bertz CT molecular complexity index is 1200. The smallest absolute Gasteiger partial charge is 0.251 e. The molecule has 0 bridgehead atoms. The zero-order chi connectivity index (χ0) is 26.9. The summed E-state index contributed by atoms with van der Waals surface area (Å²) in [5.41, 5.74) is 3.43. The number of aliphatic hydroxyl groups is 1. The summed E-state index contributed by atoms with van der Waals surface area (Å²) in [5, 5.41) is 23.8. The van der Waals surface area contributed by atoms with E-state index in [4.69, 9.17) is 0 Å². The first-order valence-corrected chi connectivity index (χ1v) is 13.4. The van der Waals surface area contributed by atoms with E-state index in [0.29, 0.717) is 23.2 Å². The molecule has 0 aliphatic carbocycles. The van der Waals surface area contributed by atoms with Gasteiger partial charge in [0.1, 0.15) is 0 Å². The van der Waals surface area contributed by atoms with Crippen LogP contribution in [0.25, 0.3) is 0 Å². The van der Waals surface area contributed by atoms with Gasteiger partial charge in [-0.1, -0.05) is 67.1 Å². The number of piperidine rings is 1. The Balaban J connectivity index is 1.53. The molecule has 4 atom stereocenters. The number of hydrogen-bond acceptors (Lipinski definition) is 5. The molecule has 0 aromatic heterocycles. The molecule has 0 radical (unpaired) electrons. The molecule has 1 heterocycles. The van der Waals surface area contributed by atoms with Crippen molar-refractivity contribution >= 4 is 17.5 Å². The third-order valence-electron chi connectivity index (χ3n) is 7.18. The van der Waals surface area contributed by atoms with Crippen LogP contribution in [0.5, 0.6) is 0 Å². The van der Waals surface area contributed by atoms with Gasteiger partial charge in [-0.3, -0.25) is 9.59 Å². The topological polar surface area (TPSA) is 102 Å². The van der Waals surface area contributed by atoms with Crippen molar-refractivity contribution in [3.05, 3.63) is 101 Å². The van der Waals surface area contributed by atoms with E-state index in [1.54, 1.807) is 25.2 Å². The highest BCUT2D eigenvalue weighted by molar-refractivity contribution is 6.01. The van der Waals surface area contributed by atoms with Crippen molar-refractivity contribution in [1.29, 1.82) is 0 Å². The Morgan fingerprint density at radius 1 is 0.921 bits per heavy atom. The van der Waals surface area contributed by atoms with Crippen molar-refractivity contribution in [3.8, 4) is 0 Å². The van der Waals surface area contributed by atoms with Crippen molar-refractivity contribution in [1.82, 2.24) is 16.0 Å². The average Bonchev–Trinajstić information content (AvgIpc) is 2.97. The highest BCUT2D eigenvalue weighted by Crippen LogP contribution is 2.20. The van der Waals surface area contributed by atoms with Crippen LogP contribution in [-0.2, 0) is 6.42 Å². The summed E-state index contributed by atoms with van der Waals surface area (Å²) >= 11 is 0. The third-order valence-corrected chi connectivity index (χ3v) is 7.18. The minimum absolute atomic E-state index is 0.0813. The van der Waals surface area contributed by atoms with Gasteiger partial charge in [0.05, 0.1) is 18.2 Å². The Morgan fingerprint density at radius 3 is 2.16 bits per heavy atom. The van der Waals surface area contributed by atoms with Crippen molar-refractivity contribution in [3.63, 3.8) is 0 Å². The third kappa shape index (κ3) is 7.21. The quantitative estimate of drug-likeness (QED) is 0.281. The van der Waals surface area contributed by atoms with E-state index in [1.807, 2.05) is 67.6 Å². The van der Waals surface area contributed by atoms with Gasteiger partial charge in [-0.05, 0) is 62.1 Å². The van der Waals surface area contributed by atoms with Gasteiger partial charge in [0.25, 0.3) is 11.8 Å². The molecule has 1 aliphatic heterocycles. The Morgan fingerprint density at radius 2 is 1.55 bits per heavy atom. The van der Waals surface area contributed by atoms with E-state index in [1.165, 1.54) is 0 Å². The molecule has 4 unspecified atom stereocenters. The Labute approximate surface area is 225 Å². The number of carbonyl (C=O) groups is 2. The van der Waals surface area contributed by atoms with Crippen LogP contribution in [0.1, 0.15) is 64.1 Å². The van der Waals surface area contributed by atoms with E-state index >= 15 is 0 Å². The monoisotopic (exact) mass is 514 g/mol. The summed E-state index contributed by atoms with van der Waals surface area (Å²) in [6, 6.07) is 23.9. The normalized spacial score (nSPS) is 17.6. The molecule has 38 heavy (non-hydrogen) atoms. The number of anilines is 1. The summed E-state index contributed by atoms with van der Waals surface area (Å²) in [7, 11) is 1.75. The molecule has 7 nitrogen and oxygen atoms in total. The predicted molar refractivity (Wildman–Crippen MR) is 151 cm³/mol. The largest absolute Gasteiger partial charge is 0.389 e. The number of hydrogen-bond donors (Lipinski definition) is 5. The first-order chi connectivity index (χ1) is 18.4. The second-order valence-corrected chi connectivity index (χ2v) is 9.97. The van der Waals surface area contributed by atoms with Gasteiger partial charge in [0.15, 0.2) is 0 Å². The molecule has 0 saturated carbocycles. The second-order valence-electron chi connectivity index (χ2n) is 9.97. The lowest BCUT2D eigenvalue weighted by Gasteiger charge is -2.33.